The van der Waals surface area contributed by atoms with Crippen LogP contribution >= 0.6 is 0 Å². The van der Waals surface area contributed by atoms with Gasteiger partial charge >= 0.3 is 0 Å². The lowest BCUT2D eigenvalue weighted by Crippen LogP contribution is -2.50. The third-order valence-corrected chi connectivity index (χ3v) is 5.04. The van der Waals surface area contributed by atoms with Crippen molar-refractivity contribution in [3.8, 4) is 0 Å². The lowest BCUT2D eigenvalue weighted by Gasteiger charge is -2.46. The predicted octanol–water partition coefficient (Wildman–Crippen LogP) is 3.42. The number of hydrogen-bond acceptors (Lipinski definition) is 2. The molecule has 1 N–H and O–H groups in total. The summed E-state index contributed by atoms with van der Waals surface area (Å²) >= 11 is 0. The Labute approximate surface area is 114 Å². The molecule has 0 bridgehead atoms. The summed E-state index contributed by atoms with van der Waals surface area (Å²) in [5.41, 5.74) is 0.527. The second-order valence-electron chi connectivity index (χ2n) is 7.04. The molecular formula is C16H32N2. The molecule has 0 aromatic carbocycles. The van der Waals surface area contributed by atoms with E-state index in [4.69, 9.17) is 0 Å². The summed E-state index contributed by atoms with van der Waals surface area (Å²) in [5.74, 6) is 0. The summed E-state index contributed by atoms with van der Waals surface area (Å²) in [6, 6.07) is 1.56. The third kappa shape index (κ3) is 3.48. The highest BCUT2D eigenvalue weighted by Crippen LogP contribution is 2.39. The average molecular weight is 252 g/mol. The zero-order valence-corrected chi connectivity index (χ0v) is 12.7. The first-order chi connectivity index (χ1) is 8.63. The first kappa shape index (κ1) is 14.3. The van der Waals surface area contributed by atoms with Crippen LogP contribution in [0.3, 0.4) is 0 Å². The molecule has 2 unspecified atom stereocenters. The van der Waals surface area contributed by atoms with Crippen LogP contribution in [-0.2, 0) is 0 Å². The maximum atomic E-state index is 3.74. The average Bonchev–Trinajstić information content (AvgIpc) is 2.54. The molecule has 106 valence electrons. The molecule has 0 aromatic rings. The number of rotatable bonds is 3. The van der Waals surface area contributed by atoms with Gasteiger partial charge in [0, 0.05) is 18.6 Å². The maximum absolute atomic E-state index is 3.74. The fourth-order valence-electron chi connectivity index (χ4n) is 4.00. The first-order valence-corrected chi connectivity index (χ1v) is 8.11. The number of nitrogens with one attached hydrogen (secondary N) is 1. The van der Waals surface area contributed by atoms with Crippen LogP contribution in [0.2, 0.25) is 0 Å². The standard InChI is InChI=1S/C16H32N2/c1-4-8-14-13-18(12-7-11-17-14)15-9-5-6-10-16(15,2)3/h14-15,17H,4-13H2,1-3H3. The molecule has 2 atom stereocenters. The summed E-state index contributed by atoms with van der Waals surface area (Å²) in [6.45, 7) is 11.1. The van der Waals surface area contributed by atoms with Crippen molar-refractivity contribution in [1.29, 1.82) is 0 Å². The van der Waals surface area contributed by atoms with Gasteiger partial charge in [-0.1, -0.05) is 40.0 Å². The Morgan fingerprint density at radius 1 is 1.22 bits per heavy atom. The molecule has 18 heavy (non-hydrogen) atoms. The largest absolute Gasteiger partial charge is 0.313 e. The van der Waals surface area contributed by atoms with E-state index in [1.165, 1.54) is 64.6 Å². The fraction of sp³-hybridized carbons (Fsp3) is 1.00. The van der Waals surface area contributed by atoms with Crippen molar-refractivity contribution in [2.45, 2.75) is 77.8 Å². The minimum absolute atomic E-state index is 0.527. The van der Waals surface area contributed by atoms with Crippen LogP contribution in [0.15, 0.2) is 0 Å². The highest BCUT2D eigenvalue weighted by molar-refractivity contribution is 4.92. The van der Waals surface area contributed by atoms with Gasteiger partial charge in [0.2, 0.25) is 0 Å². The van der Waals surface area contributed by atoms with E-state index >= 15 is 0 Å². The van der Waals surface area contributed by atoms with Gasteiger partial charge in [0.15, 0.2) is 0 Å². The van der Waals surface area contributed by atoms with Gasteiger partial charge in [-0.2, -0.15) is 0 Å². The normalized spacial score (nSPS) is 34.2. The van der Waals surface area contributed by atoms with Crippen molar-refractivity contribution < 1.29 is 0 Å². The highest BCUT2D eigenvalue weighted by atomic mass is 15.2. The molecule has 0 spiro atoms. The van der Waals surface area contributed by atoms with Gasteiger partial charge in [-0.05, 0) is 44.2 Å². The smallest absolute Gasteiger partial charge is 0.0195 e. The van der Waals surface area contributed by atoms with Gasteiger partial charge in [-0.15, -0.1) is 0 Å². The summed E-state index contributed by atoms with van der Waals surface area (Å²) < 4.78 is 0. The van der Waals surface area contributed by atoms with Crippen molar-refractivity contribution in [1.82, 2.24) is 10.2 Å². The van der Waals surface area contributed by atoms with Gasteiger partial charge in [0.1, 0.15) is 0 Å². The van der Waals surface area contributed by atoms with Gasteiger partial charge in [0.25, 0.3) is 0 Å². The van der Waals surface area contributed by atoms with Crippen molar-refractivity contribution in [2.75, 3.05) is 19.6 Å². The van der Waals surface area contributed by atoms with Crippen LogP contribution in [0, 0.1) is 5.41 Å². The summed E-state index contributed by atoms with van der Waals surface area (Å²) in [5, 5.41) is 3.74. The van der Waals surface area contributed by atoms with E-state index in [0.717, 1.165) is 12.1 Å². The van der Waals surface area contributed by atoms with Crippen LogP contribution < -0.4 is 5.32 Å². The van der Waals surface area contributed by atoms with Crippen molar-refractivity contribution in [3.63, 3.8) is 0 Å². The van der Waals surface area contributed by atoms with Gasteiger partial charge in [-0.3, -0.25) is 4.90 Å². The topological polar surface area (TPSA) is 15.3 Å². The van der Waals surface area contributed by atoms with E-state index in [1.54, 1.807) is 0 Å². The molecule has 2 nitrogen and oxygen atoms in total. The third-order valence-electron chi connectivity index (χ3n) is 5.04. The van der Waals surface area contributed by atoms with Gasteiger partial charge in [0.05, 0.1) is 0 Å². The Hall–Kier alpha value is -0.0800. The Bertz CT molecular complexity index is 249. The Morgan fingerprint density at radius 2 is 2.06 bits per heavy atom. The van der Waals surface area contributed by atoms with Crippen LogP contribution in [0.4, 0.5) is 0 Å². The molecule has 1 aliphatic carbocycles. The van der Waals surface area contributed by atoms with E-state index in [0.29, 0.717) is 5.41 Å². The lowest BCUT2D eigenvalue weighted by atomic mass is 9.72. The van der Waals surface area contributed by atoms with Gasteiger partial charge < -0.3 is 5.32 Å². The Morgan fingerprint density at radius 3 is 2.78 bits per heavy atom. The van der Waals surface area contributed by atoms with Crippen LogP contribution in [-0.4, -0.2) is 36.6 Å². The second-order valence-corrected chi connectivity index (χ2v) is 7.04. The quantitative estimate of drug-likeness (QED) is 0.828. The van der Waals surface area contributed by atoms with Crippen LogP contribution in [0.25, 0.3) is 0 Å². The summed E-state index contributed by atoms with van der Waals surface area (Å²) in [4.78, 5) is 2.82. The van der Waals surface area contributed by atoms with Crippen LogP contribution in [0.5, 0.6) is 0 Å². The van der Waals surface area contributed by atoms with E-state index in [1.807, 2.05) is 0 Å². The molecule has 2 fully saturated rings. The summed E-state index contributed by atoms with van der Waals surface area (Å²) in [6.07, 6.45) is 9.69. The SMILES string of the molecule is CCCC1CN(C2CCCCC2(C)C)CCCN1. The van der Waals surface area contributed by atoms with E-state index in [2.05, 4.69) is 31.0 Å². The number of hydrogen-bond donors (Lipinski definition) is 1. The molecule has 0 radical (unpaired) electrons. The minimum atomic E-state index is 0.527. The molecule has 0 amide bonds. The zero-order chi connectivity index (χ0) is 13.0. The van der Waals surface area contributed by atoms with Crippen molar-refractivity contribution in [3.05, 3.63) is 0 Å². The van der Waals surface area contributed by atoms with Crippen molar-refractivity contribution >= 4 is 0 Å². The fourth-order valence-corrected chi connectivity index (χ4v) is 4.00. The molecule has 2 aliphatic rings. The van der Waals surface area contributed by atoms with E-state index < -0.39 is 0 Å². The van der Waals surface area contributed by atoms with Gasteiger partial charge in [-0.25, -0.2) is 0 Å². The first-order valence-electron chi connectivity index (χ1n) is 8.11. The molecule has 2 heteroatoms. The van der Waals surface area contributed by atoms with Crippen LogP contribution in [0.1, 0.15) is 65.7 Å². The molecule has 2 rings (SSSR count). The molecule has 1 heterocycles. The monoisotopic (exact) mass is 252 g/mol. The Balaban J connectivity index is 2.00. The maximum Gasteiger partial charge on any atom is 0.0195 e. The second kappa shape index (κ2) is 6.38. The highest BCUT2D eigenvalue weighted by Gasteiger charge is 2.37. The number of nitrogens with zero attached hydrogens (tertiary/aromatic N) is 1. The van der Waals surface area contributed by atoms with E-state index in [9.17, 15) is 0 Å². The molecule has 1 saturated heterocycles. The van der Waals surface area contributed by atoms with Crippen molar-refractivity contribution in [2.24, 2.45) is 5.41 Å². The lowest BCUT2D eigenvalue weighted by molar-refractivity contribution is 0.0472. The Kier molecular flexibility index (Phi) is 5.08. The predicted molar refractivity (Wildman–Crippen MR) is 78.9 cm³/mol. The molecule has 0 aromatic heterocycles. The molecule has 1 saturated carbocycles. The van der Waals surface area contributed by atoms with E-state index in [-0.39, 0.29) is 0 Å². The minimum Gasteiger partial charge on any atom is -0.313 e. The summed E-state index contributed by atoms with van der Waals surface area (Å²) in [7, 11) is 0. The molecule has 1 aliphatic heterocycles. The molecular weight excluding hydrogens is 220 g/mol. The zero-order valence-electron chi connectivity index (χ0n) is 12.7.